The quantitative estimate of drug-likeness (QED) is 0.888. The second kappa shape index (κ2) is 6.48. The lowest BCUT2D eigenvalue weighted by Gasteiger charge is -2.25. The van der Waals surface area contributed by atoms with E-state index in [1.54, 1.807) is 9.13 Å². The van der Waals surface area contributed by atoms with Crippen LogP contribution >= 0.6 is 0 Å². The molecule has 1 N–H and O–H groups in total. The minimum atomic E-state index is 0.0313. The van der Waals surface area contributed by atoms with E-state index >= 15 is 0 Å². The van der Waals surface area contributed by atoms with E-state index in [-0.39, 0.29) is 5.69 Å². The van der Waals surface area contributed by atoms with Gasteiger partial charge in [-0.1, -0.05) is 33.3 Å². The zero-order chi connectivity index (χ0) is 15.6. The van der Waals surface area contributed by atoms with E-state index in [9.17, 15) is 4.79 Å². The van der Waals surface area contributed by atoms with Crippen molar-refractivity contribution in [3.05, 3.63) is 34.2 Å². The number of aromatic nitrogens is 2. The summed E-state index contributed by atoms with van der Waals surface area (Å²) in [7, 11) is 3.66. The molecule has 2 rings (SSSR count). The number of aryl methyl sites for hydroxylation is 2. The van der Waals surface area contributed by atoms with Gasteiger partial charge in [-0.15, -0.1) is 0 Å². The standard InChI is InChI=1S/C17H27N3O/c1-6-10-18-16(12(3)7-2)13-8-9-14-15(11-13)20(5)17(21)19(14)4/h8-9,11-12,16,18H,6-7,10H2,1-5H3. The van der Waals surface area contributed by atoms with Crippen LogP contribution in [0.25, 0.3) is 11.0 Å². The Balaban J connectivity index is 2.48. The largest absolute Gasteiger partial charge is 0.328 e. The highest BCUT2D eigenvalue weighted by atomic mass is 16.1. The van der Waals surface area contributed by atoms with Crippen molar-refractivity contribution in [2.45, 2.75) is 39.7 Å². The van der Waals surface area contributed by atoms with Crippen LogP contribution in [0.15, 0.2) is 23.0 Å². The van der Waals surface area contributed by atoms with Crippen LogP contribution in [-0.4, -0.2) is 15.7 Å². The molecule has 0 aliphatic rings. The summed E-state index contributed by atoms with van der Waals surface area (Å²) in [6, 6.07) is 6.72. The van der Waals surface area contributed by atoms with Gasteiger partial charge in [-0.3, -0.25) is 9.13 Å². The number of imidazole rings is 1. The van der Waals surface area contributed by atoms with Gasteiger partial charge in [0.2, 0.25) is 0 Å². The third-order valence-corrected chi connectivity index (χ3v) is 4.48. The Bertz CT molecular complexity index is 668. The lowest BCUT2D eigenvalue weighted by Crippen LogP contribution is -2.27. The first kappa shape index (κ1) is 15.8. The predicted octanol–water partition coefficient (Wildman–Crippen LogP) is 2.96. The minimum Gasteiger partial charge on any atom is -0.310 e. The Morgan fingerprint density at radius 3 is 2.43 bits per heavy atom. The Labute approximate surface area is 126 Å². The van der Waals surface area contributed by atoms with Crippen molar-refractivity contribution < 1.29 is 0 Å². The Morgan fingerprint density at radius 2 is 1.81 bits per heavy atom. The average molecular weight is 289 g/mol. The van der Waals surface area contributed by atoms with E-state index in [0.717, 1.165) is 30.4 Å². The van der Waals surface area contributed by atoms with Gasteiger partial charge >= 0.3 is 5.69 Å². The van der Waals surface area contributed by atoms with Gasteiger partial charge in [-0.05, 0) is 36.6 Å². The summed E-state index contributed by atoms with van der Waals surface area (Å²) in [5, 5.41) is 3.65. The van der Waals surface area contributed by atoms with Crippen molar-refractivity contribution in [3.63, 3.8) is 0 Å². The van der Waals surface area contributed by atoms with Gasteiger partial charge < -0.3 is 5.32 Å². The van der Waals surface area contributed by atoms with E-state index in [1.165, 1.54) is 5.56 Å². The first-order valence-electron chi connectivity index (χ1n) is 7.90. The molecule has 0 saturated heterocycles. The summed E-state index contributed by atoms with van der Waals surface area (Å²) >= 11 is 0. The Morgan fingerprint density at radius 1 is 1.14 bits per heavy atom. The second-order valence-electron chi connectivity index (χ2n) is 5.97. The van der Waals surface area contributed by atoms with Crippen LogP contribution in [0.5, 0.6) is 0 Å². The molecule has 0 amide bonds. The monoisotopic (exact) mass is 289 g/mol. The van der Waals surface area contributed by atoms with Crippen molar-refractivity contribution in [3.8, 4) is 0 Å². The van der Waals surface area contributed by atoms with Gasteiger partial charge in [0.25, 0.3) is 0 Å². The fourth-order valence-corrected chi connectivity index (χ4v) is 2.90. The van der Waals surface area contributed by atoms with Crippen molar-refractivity contribution in [2.75, 3.05) is 6.54 Å². The highest BCUT2D eigenvalue weighted by Gasteiger charge is 2.18. The molecule has 0 spiro atoms. The van der Waals surface area contributed by atoms with Crippen LogP contribution in [-0.2, 0) is 14.1 Å². The van der Waals surface area contributed by atoms with Crippen LogP contribution in [0.3, 0.4) is 0 Å². The first-order chi connectivity index (χ1) is 10.0. The highest BCUT2D eigenvalue weighted by Crippen LogP contribution is 2.27. The SMILES string of the molecule is CCCNC(c1ccc2c(c1)n(C)c(=O)n2C)C(C)CC. The smallest absolute Gasteiger partial charge is 0.310 e. The molecule has 4 nitrogen and oxygen atoms in total. The van der Waals surface area contributed by atoms with Crippen molar-refractivity contribution in [1.29, 1.82) is 0 Å². The lowest BCUT2D eigenvalue weighted by atomic mass is 9.92. The molecule has 4 heteroatoms. The van der Waals surface area contributed by atoms with E-state index in [4.69, 9.17) is 0 Å². The van der Waals surface area contributed by atoms with Crippen molar-refractivity contribution >= 4 is 11.0 Å². The second-order valence-corrected chi connectivity index (χ2v) is 5.97. The maximum Gasteiger partial charge on any atom is 0.328 e. The fraction of sp³-hybridized carbons (Fsp3) is 0.588. The van der Waals surface area contributed by atoms with Crippen LogP contribution in [0, 0.1) is 5.92 Å². The van der Waals surface area contributed by atoms with Crippen molar-refractivity contribution in [1.82, 2.24) is 14.5 Å². The zero-order valence-corrected chi connectivity index (χ0v) is 13.8. The molecule has 0 fully saturated rings. The number of hydrogen-bond donors (Lipinski definition) is 1. The van der Waals surface area contributed by atoms with Gasteiger partial charge in [0, 0.05) is 20.1 Å². The van der Waals surface area contributed by atoms with Gasteiger partial charge in [-0.2, -0.15) is 0 Å². The fourth-order valence-electron chi connectivity index (χ4n) is 2.90. The van der Waals surface area contributed by atoms with Crippen molar-refractivity contribution in [2.24, 2.45) is 20.0 Å². The molecule has 2 aromatic rings. The predicted molar refractivity (Wildman–Crippen MR) is 88.6 cm³/mol. The summed E-state index contributed by atoms with van der Waals surface area (Å²) in [5.74, 6) is 0.565. The summed E-state index contributed by atoms with van der Waals surface area (Å²) in [6.45, 7) is 7.70. The Hall–Kier alpha value is -1.55. The maximum atomic E-state index is 12.0. The number of nitrogens with zero attached hydrogens (tertiary/aromatic N) is 2. The molecule has 1 heterocycles. The van der Waals surface area contributed by atoms with Crippen LogP contribution in [0.2, 0.25) is 0 Å². The maximum absolute atomic E-state index is 12.0. The molecule has 0 aliphatic heterocycles. The molecular formula is C17H27N3O. The van der Waals surface area contributed by atoms with Crippen LogP contribution in [0.1, 0.15) is 45.2 Å². The molecule has 1 aromatic heterocycles. The molecule has 21 heavy (non-hydrogen) atoms. The Kier molecular flexibility index (Phi) is 4.88. The van der Waals surface area contributed by atoms with E-state index in [1.807, 2.05) is 14.1 Å². The van der Waals surface area contributed by atoms with Gasteiger partial charge in [0.15, 0.2) is 0 Å². The van der Waals surface area contributed by atoms with E-state index < -0.39 is 0 Å². The van der Waals surface area contributed by atoms with Gasteiger partial charge in [-0.25, -0.2) is 4.79 Å². The number of fused-ring (bicyclic) bond motifs is 1. The normalized spacial score (nSPS) is 14.5. The highest BCUT2D eigenvalue weighted by molar-refractivity contribution is 5.77. The molecular weight excluding hydrogens is 262 g/mol. The molecule has 2 atom stereocenters. The summed E-state index contributed by atoms with van der Waals surface area (Å²) in [5.41, 5.74) is 3.30. The zero-order valence-electron chi connectivity index (χ0n) is 13.8. The van der Waals surface area contributed by atoms with E-state index in [0.29, 0.717) is 12.0 Å². The molecule has 0 bridgehead atoms. The first-order valence-corrected chi connectivity index (χ1v) is 7.90. The minimum absolute atomic E-state index is 0.0313. The molecule has 0 radical (unpaired) electrons. The molecule has 0 aliphatic carbocycles. The van der Waals surface area contributed by atoms with E-state index in [2.05, 4.69) is 44.3 Å². The topological polar surface area (TPSA) is 39.0 Å². The van der Waals surface area contributed by atoms with Gasteiger partial charge in [0.1, 0.15) is 0 Å². The molecule has 116 valence electrons. The number of rotatable bonds is 6. The summed E-state index contributed by atoms with van der Waals surface area (Å²) < 4.78 is 3.43. The molecule has 0 saturated carbocycles. The lowest BCUT2D eigenvalue weighted by molar-refractivity contribution is 0.377. The van der Waals surface area contributed by atoms with Gasteiger partial charge in [0.05, 0.1) is 11.0 Å². The van der Waals surface area contributed by atoms with Crippen LogP contribution < -0.4 is 11.0 Å². The molecule has 2 unspecified atom stereocenters. The molecule has 1 aromatic carbocycles. The number of benzene rings is 1. The summed E-state index contributed by atoms with van der Waals surface area (Å²) in [4.78, 5) is 12.0. The average Bonchev–Trinajstić information content (AvgIpc) is 2.72. The third-order valence-electron chi connectivity index (χ3n) is 4.48. The van der Waals surface area contributed by atoms with Crippen LogP contribution in [0.4, 0.5) is 0 Å². The number of hydrogen-bond acceptors (Lipinski definition) is 2. The summed E-state index contributed by atoms with van der Waals surface area (Å²) in [6.07, 6.45) is 2.26. The number of nitrogens with one attached hydrogen (secondary N) is 1. The third kappa shape index (κ3) is 2.91.